The molecule has 1 aromatic heterocycles. The van der Waals surface area contributed by atoms with E-state index >= 15 is 0 Å². The van der Waals surface area contributed by atoms with Crippen LogP contribution in [-0.4, -0.2) is 46.0 Å². The van der Waals surface area contributed by atoms with Crippen molar-refractivity contribution >= 4 is 58.4 Å². The van der Waals surface area contributed by atoms with Crippen LogP contribution >= 0.6 is 35.0 Å². The molecule has 3 amide bonds. The highest BCUT2D eigenvalue weighted by molar-refractivity contribution is 7.98. The number of hydrogen-bond donors (Lipinski definition) is 2. The van der Waals surface area contributed by atoms with E-state index in [0.717, 1.165) is 29.9 Å². The molecule has 10 heteroatoms. The second kappa shape index (κ2) is 13.4. The van der Waals surface area contributed by atoms with E-state index in [2.05, 4.69) is 17.6 Å². The summed E-state index contributed by atoms with van der Waals surface area (Å²) < 4.78 is 1.63. The highest BCUT2D eigenvalue weighted by Crippen LogP contribution is 2.29. The molecule has 0 saturated heterocycles. The number of halogens is 2. The second-order valence-electron chi connectivity index (χ2n) is 10.0. The lowest BCUT2D eigenvalue weighted by atomic mass is 9.92. The van der Waals surface area contributed by atoms with Crippen molar-refractivity contribution in [2.75, 3.05) is 30.0 Å². The Morgan fingerprint density at radius 3 is 2.32 bits per heavy atom. The van der Waals surface area contributed by atoms with E-state index in [9.17, 15) is 9.59 Å². The number of hydrogen-bond acceptors (Lipinski definition) is 4. The third-order valence-corrected chi connectivity index (χ3v) is 7.37. The number of carbonyl (C=O) groups is 2. The molecule has 0 fully saturated rings. The summed E-state index contributed by atoms with van der Waals surface area (Å²) in [5.41, 5.74) is 1.89. The molecule has 38 heavy (non-hydrogen) atoms. The number of anilines is 2. The van der Waals surface area contributed by atoms with Crippen molar-refractivity contribution in [3.63, 3.8) is 0 Å². The topological polar surface area (TPSA) is 79.3 Å². The summed E-state index contributed by atoms with van der Waals surface area (Å²) in [6.45, 7) is 8.61. The number of nitrogens with zero attached hydrogens (tertiary/aromatic N) is 3. The van der Waals surface area contributed by atoms with Crippen LogP contribution in [0.1, 0.15) is 52.7 Å². The molecule has 0 aliphatic carbocycles. The van der Waals surface area contributed by atoms with Gasteiger partial charge in [0.1, 0.15) is 12.4 Å². The standard InChI is InChI=1S/C28H35Cl2N5O2S/c1-6-7-8-15-34(27(37)31-19-9-12-21(38-5)13-10-19)18-26(36)32-25-17-24(28(2,3)4)33-35(25)20-11-14-22(29)23(30)16-20/h9-14,16-17H,6-8,15,18H2,1-5H3,(H,31,37)(H,32,36). The summed E-state index contributed by atoms with van der Waals surface area (Å²) in [7, 11) is 0. The first-order chi connectivity index (χ1) is 18.0. The van der Waals surface area contributed by atoms with E-state index in [-0.39, 0.29) is 23.9 Å². The fraction of sp³-hybridized carbons (Fsp3) is 0.393. The van der Waals surface area contributed by atoms with Crippen LogP contribution in [0.15, 0.2) is 53.4 Å². The average Bonchev–Trinajstić information content (AvgIpc) is 3.30. The maximum atomic E-state index is 13.2. The Hall–Kier alpha value is -2.68. The number of benzene rings is 2. The fourth-order valence-electron chi connectivity index (χ4n) is 3.69. The van der Waals surface area contributed by atoms with E-state index in [4.69, 9.17) is 28.3 Å². The number of carbonyl (C=O) groups excluding carboxylic acids is 2. The Balaban J connectivity index is 1.81. The summed E-state index contributed by atoms with van der Waals surface area (Å²) >= 11 is 14.0. The summed E-state index contributed by atoms with van der Waals surface area (Å²) in [5.74, 6) is 0.163. The van der Waals surface area contributed by atoms with E-state index in [1.54, 1.807) is 34.6 Å². The van der Waals surface area contributed by atoms with Gasteiger partial charge in [-0.25, -0.2) is 9.48 Å². The molecule has 0 spiro atoms. The van der Waals surface area contributed by atoms with E-state index < -0.39 is 0 Å². The minimum absolute atomic E-state index is 0.101. The lowest BCUT2D eigenvalue weighted by molar-refractivity contribution is -0.116. The van der Waals surface area contributed by atoms with Crippen molar-refractivity contribution in [3.05, 3.63) is 64.3 Å². The van der Waals surface area contributed by atoms with Gasteiger partial charge < -0.3 is 15.5 Å². The first kappa shape index (κ1) is 29.9. The quantitative estimate of drug-likeness (QED) is 0.190. The Morgan fingerprint density at radius 2 is 1.71 bits per heavy atom. The molecule has 2 N–H and O–H groups in total. The van der Waals surface area contributed by atoms with Crippen LogP contribution in [0.4, 0.5) is 16.3 Å². The zero-order chi connectivity index (χ0) is 27.9. The van der Waals surface area contributed by atoms with E-state index in [1.807, 2.05) is 57.4 Å². The predicted octanol–water partition coefficient (Wildman–Crippen LogP) is 7.86. The lowest BCUT2D eigenvalue weighted by Crippen LogP contribution is -2.41. The van der Waals surface area contributed by atoms with Crippen LogP contribution in [0.2, 0.25) is 10.0 Å². The lowest BCUT2D eigenvalue weighted by Gasteiger charge is -2.23. The van der Waals surface area contributed by atoms with Gasteiger partial charge >= 0.3 is 6.03 Å². The molecule has 0 saturated carbocycles. The Bertz CT molecular complexity index is 1260. The molecular weight excluding hydrogens is 541 g/mol. The smallest absolute Gasteiger partial charge is 0.315 e. The molecule has 7 nitrogen and oxygen atoms in total. The van der Waals surface area contributed by atoms with Gasteiger partial charge in [0.15, 0.2) is 0 Å². The zero-order valence-corrected chi connectivity index (χ0v) is 24.8. The third-order valence-electron chi connectivity index (χ3n) is 5.89. The SMILES string of the molecule is CCCCCN(CC(=O)Nc1cc(C(C)(C)C)nn1-c1ccc(Cl)c(Cl)c1)C(=O)Nc1ccc(SC)cc1. The maximum Gasteiger partial charge on any atom is 0.322 e. The molecule has 0 radical (unpaired) electrons. The van der Waals surface area contributed by atoms with Crippen LogP contribution in [0.5, 0.6) is 0 Å². The van der Waals surface area contributed by atoms with Gasteiger partial charge in [-0.3, -0.25) is 4.79 Å². The molecule has 0 bridgehead atoms. The summed E-state index contributed by atoms with van der Waals surface area (Å²) in [5, 5.41) is 11.4. The van der Waals surface area contributed by atoms with Crippen molar-refractivity contribution in [1.29, 1.82) is 0 Å². The summed E-state index contributed by atoms with van der Waals surface area (Å²) in [4.78, 5) is 29.0. The first-order valence-corrected chi connectivity index (χ1v) is 14.6. The molecule has 0 atom stereocenters. The van der Waals surface area contributed by atoms with Crippen molar-refractivity contribution in [3.8, 4) is 5.69 Å². The second-order valence-corrected chi connectivity index (χ2v) is 11.7. The van der Waals surface area contributed by atoms with Crippen molar-refractivity contribution in [1.82, 2.24) is 14.7 Å². The first-order valence-electron chi connectivity index (χ1n) is 12.6. The predicted molar refractivity (Wildman–Crippen MR) is 159 cm³/mol. The largest absolute Gasteiger partial charge is 0.322 e. The molecule has 2 aromatic carbocycles. The van der Waals surface area contributed by atoms with Crippen LogP contribution in [0.3, 0.4) is 0 Å². The van der Waals surface area contributed by atoms with Gasteiger partial charge in [-0.05, 0) is 55.1 Å². The van der Waals surface area contributed by atoms with Crippen LogP contribution in [0.25, 0.3) is 5.69 Å². The molecular formula is C28H35Cl2N5O2S. The Labute approximate surface area is 239 Å². The van der Waals surface area contributed by atoms with Crippen molar-refractivity contribution in [2.24, 2.45) is 0 Å². The van der Waals surface area contributed by atoms with Crippen molar-refractivity contribution < 1.29 is 9.59 Å². The molecule has 3 rings (SSSR count). The van der Waals surface area contributed by atoms with Gasteiger partial charge in [-0.15, -0.1) is 11.8 Å². The van der Waals surface area contributed by atoms with Gasteiger partial charge in [0.25, 0.3) is 0 Å². The van der Waals surface area contributed by atoms with Crippen molar-refractivity contribution in [2.45, 2.75) is 57.3 Å². The van der Waals surface area contributed by atoms with Crippen LogP contribution in [0, 0.1) is 0 Å². The Kier molecular flexibility index (Phi) is 10.5. The number of aromatic nitrogens is 2. The van der Waals surface area contributed by atoms with Gasteiger partial charge in [0, 0.05) is 28.6 Å². The molecule has 204 valence electrons. The summed E-state index contributed by atoms with van der Waals surface area (Å²) in [6, 6.07) is 14.3. The van der Waals surface area contributed by atoms with E-state index in [0.29, 0.717) is 33.8 Å². The minimum Gasteiger partial charge on any atom is -0.315 e. The normalized spacial score (nSPS) is 11.3. The molecule has 0 unspecified atom stereocenters. The van der Waals surface area contributed by atoms with Gasteiger partial charge in [0.2, 0.25) is 5.91 Å². The van der Waals surface area contributed by atoms with Gasteiger partial charge in [0.05, 0.1) is 21.4 Å². The van der Waals surface area contributed by atoms with E-state index in [1.165, 1.54) is 4.90 Å². The molecule has 0 aliphatic rings. The number of unbranched alkanes of at least 4 members (excludes halogenated alkanes) is 2. The van der Waals surface area contributed by atoms with Gasteiger partial charge in [-0.1, -0.05) is 63.7 Å². The highest BCUT2D eigenvalue weighted by atomic mass is 35.5. The number of urea groups is 1. The zero-order valence-electron chi connectivity index (χ0n) is 22.5. The fourth-order valence-corrected chi connectivity index (χ4v) is 4.39. The third kappa shape index (κ3) is 8.16. The average molecular weight is 577 g/mol. The van der Waals surface area contributed by atoms with Gasteiger partial charge in [-0.2, -0.15) is 5.10 Å². The molecule has 3 aromatic rings. The Morgan fingerprint density at radius 1 is 1.00 bits per heavy atom. The number of thioether (sulfide) groups is 1. The molecule has 1 heterocycles. The molecule has 0 aliphatic heterocycles. The number of amides is 3. The summed E-state index contributed by atoms with van der Waals surface area (Å²) in [6.07, 6.45) is 4.78. The monoisotopic (exact) mass is 575 g/mol. The number of rotatable bonds is 10. The van der Waals surface area contributed by atoms with Crippen LogP contribution < -0.4 is 10.6 Å². The van der Waals surface area contributed by atoms with Crippen LogP contribution in [-0.2, 0) is 10.2 Å². The highest BCUT2D eigenvalue weighted by Gasteiger charge is 2.23. The maximum absolute atomic E-state index is 13.2. The number of nitrogens with one attached hydrogen (secondary N) is 2. The minimum atomic E-state index is -0.323.